The summed E-state index contributed by atoms with van der Waals surface area (Å²) < 4.78 is 0. The monoisotopic (exact) mass is 810 g/mol. The molecule has 0 bridgehead atoms. The van der Waals surface area contributed by atoms with Gasteiger partial charge in [0.15, 0.2) is 5.82 Å². The summed E-state index contributed by atoms with van der Waals surface area (Å²) in [6.07, 6.45) is 2.69. The van der Waals surface area contributed by atoms with Crippen molar-refractivity contribution < 1.29 is 24.3 Å². The van der Waals surface area contributed by atoms with E-state index in [9.17, 15) is 24.3 Å². The van der Waals surface area contributed by atoms with Gasteiger partial charge >= 0.3 is 6.03 Å². The number of amides is 5. The first kappa shape index (κ1) is 38.4. The number of phenols is 1. The van der Waals surface area contributed by atoms with E-state index in [1.807, 2.05) is 23.1 Å². The van der Waals surface area contributed by atoms with E-state index in [1.165, 1.54) is 0 Å². The predicted molar refractivity (Wildman–Crippen MR) is 220 cm³/mol. The number of carbonyl (C=O) groups excluding carboxylic acids is 4. The fraction of sp³-hybridized carbons (Fsp3) is 0.524. The topological polar surface area (TPSA) is 158 Å². The van der Waals surface area contributed by atoms with Crippen LogP contribution in [-0.4, -0.2) is 141 Å². The van der Waals surface area contributed by atoms with Gasteiger partial charge in [0.05, 0.1) is 21.9 Å². The summed E-state index contributed by atoms with van der Waals surface area (Å²) in [5.41, 5.74) is 4.18. The molecule has 0 unspecified atom stereocenters. The van der Waals surface area contributed by atoms with Crippen molar-refractivity contribution in [2.24, 2.45) is 5.92 Å². The lowest BCUT2D eigenvalue weighted by Gasteiger charge is -2.54. The lowest BCUT2D eigenvalue weighted by molar-refractivity contribution is -0.136. The molecule has 15 nitrogen and oxygen atoms in total. The van der Waals surface area contributed by atoms with Gasteiger partial charge < -0.3 is 34.9 Å². The molecule has 7 heterocycles. The quantitative estimate of drug-likeness (QED) is 0.320. The van der Waals surface area contributed by atoms with Gasteiger partial charge in [-0.3, -0.25) is 24.6 Å². The zero-order valence-electron chi connectivity index (χ0n) is 33.3. The first-order valence-electron chi connectivity index (χ1n) is 20.6. The smallest absolute Gasteiger partial charge is 0.320 e. The van der Waals surface area contributed by atoms with Crippen molar-refractivity contribution in [2.75, 3.05) is 74.0 Å². The largest absolute Gasteiger partial charge is 0.506 e. The molecule has 6 aliphatic heterocycles. The highest BCUT2D eigenvalue weighted by Gasteiger charge is 2.46. The Hall–Kier alpha value is -5.15. The number of aromatic hydroxyl groups is 1. The number of hydrogen-bond donors (Lipinski definition) is 3. The van der Waals surface area contributed by atoms with Crippen molar-refractivity contribution in [2.45, 2.75) is 76.7 Å². The van der Waals surface area contributed by atoms with Gasteiger partial charge in [0, 0.05) is 101 Å². The number of halogens is 1. The fourth-order valence-electron chi connectivity index (χ4n) is 10.2. The summed E-state index contributed by atoms with van der Waals surface area (Å²) in [6, 6.07) is 12.8. The number of nitrogens with one attached hydrogen (secondary N) is 2. The summed E-state index contributed by atoms with van der Waals surface area (Å²) in [5, 5.41) is 25.5. The molecule has 5 amide bonds. The highest BCUT2D eigenvalue weighted by Crippen LogP contribution is 2.41. The Balaban J connectivity index is 0.783. The molecule has 3 N–H and O–H groups in total. The SMILES string of the molecule is C[C@@H]1CN(CC2CCN(c3ccc4c(c3)C(=O)N([C@H]3CCC(=O)NC3=O)C4)CC2)C[C@@H](C)N1C(=O)N1CCN2c3cc(-c4cccc(Cl)c4O)nnc3NC[C@]2(C)C1. The number of imide groups is 1. The lowest BCUT2D eigenvalue weighted by atomic mass is 9.92. The number of fused-ring (bicyclic) bond motifs is 4. The predicted octanol–water partition coefficient (Wildman–Crippen LogP) is 4.00. The van der Waals surface area contributed by atoms with Crippen LogP contribution in [0.3, 0.4) is 0 Å². The molecule has 0 saturated carbocycles. The minimum atomic E-state index is -0.612. The van der Waals surface area contributed by atoms with Crippen LogP contribution in [0, 0.1) is 5.92 Å². The number of carbonyl (C=O) groups is 4. The van der Waals surface area contributed by atoms with E-state index in [0.717, 1.165) is 62.5 Å². The van der Waals surface area contributed by atoms with Crippen LogP contribution in [0.25, 0.3) is 11.3 Å². The number of para-hydroxylation sites is 1. The molecule has 16 heteroatoms. The number of hydrogen-bond acceptors (Lipinski definition) is 11. The Kier molecular flexibility index (Phi) is 9.86. The summed E-state index contributed by atoms with van der Waals surface area (Å²) in [7, 11) is 0. The Labute approximate surface area is 343 Å². The van der Waals surface area contributed by atoms with Crippen molar-refractivity contribution in [1.29, 1.82) is 0 Å². The third kappa shape index (κ3) is 6.85. The number of benzene rings is 2. The van der Waals surface area contributed by atoms with Gasteiger partial charge in [-0.25, -0.2) is 4.79 Å². The van der Waals surface area contributed by atoms with Crippen LogP contribution in [0.5, 0.6) is 5.75 Å². The van der Waals surface area contributed by atoms with E-state index in [1.54, 1.807) is 23.1 Å². The average molecular weight is 811 g/mol. The molecular formula is C42H51ClN10O5. The first-order valence-corrected chi connectivity index (χ1v) is 20.9. The van der Waals surface area contributed by atoms with Crippen molar-refractivity contribution >= 4 is 52.5 Å². The molecule has 0 aliphatic carbocycles. The van der Waals surface area contributed by atoms with Crippen LogP contribution in [0.2, 0.25) is 5.02 Å². The normalized spacial score (nSPS) is 26.6. The second kappa shape index (κ2) is 14.9. The summed E-state index contributed by atoms with van der Waals surface area (Å²) in [5.74, 6) is 0.388. The van der Waals surface area contributed by atoms with Crippen molar-refractivity contribution in [3.8, 4) is 17.0 Å². The van der Waals surface area contributed by atoms with Crippen LogP contribution in [0.4, 0.5) is 22.0 Å². The maximum atomic E-state index is 14.3. The van der Waals surface area contributed by atoms with Gasteiger partial charge in [0.1, 0.15) is 11.8 Å². The van der Waals surface area contributed by atoms with Crippen LogP contribution >= 0.6 is 11.6 Å². The maximum absolute atomic E-state index is 14.3. The molecule has 6 aliphatic rings. The number of urea groups is 1. The second-order valence-electron chi connectivity index (χ2n) is 17.3. The highest BCUT2D eigenvalue weighted by molar-refractivity contribution is 6.32. The summed E-state index contributed by atoms with van der Waals surface area (Å²) >= 11 is 6.20. The highest BCUT2D eigenvalue weighted by atomic mass is 35.5. The summed E-state index contributed by atoms with van der Waals surface area (Å²) in [6.45, 7) is 13.8. The lowest BCUT2D eigenvalue weighted by Crippen LogP contribution is -2.69. The van der Waals surface area contributed by atoms with Crippen molar-refractivity contribution in [3.05, 3.63) is 58.6 Å². The Morgan fingerprint density at radius 2 is 1.74 bits per heavy atom. The van der Waals surface area contributed by atoms with Crippen LogP contribution in [0.1, 0.15) is 62.4 Å². The number of rotatable bonds is 5. The number of piperazine rings is 2. The van der Waals surface area contributed by atoms with Crippen molar-refractivity contribution in [1.82, 2.24) is 35.1 Å². The summed E-state index contributed by atoms with van der Waals surface area (Å²) in [4.78, 5) is 64.8. The molecule has 2 aromatic carbocycles. The Morgan fingerprint density at radius 1 is 0.966 bits per heavy atom. The Bertz CT molecular complexity index is 2150. The van der Waals surface area contributed by atoms with E-state index in [2.05, 4.69) is 67.3 Å². The molecular weight excluding hydrogens is 760 g/mol. The molecule has 9 rings (SSSR count). The molecule has 4 saturated heterocycles. The zero-order chi connectivity index (χ0) is 40.5. The average Bonchev–Trinajstić information content (AvgIpc) is 3.53. The zero-order valence-corrected chi connectivity index (χ0v) is 34.0. The Morgan fingerprint density at radius 3 is 2.50 bits per heavy atom. The molecule has 0 spiro atoms. The minimum absolute atomic E-state index is 0.0247. The van der Waals surface area contributed by atoms with Gasteiger partial charge in [-0.05, 0) is 81.8 Å². The van der Waals surface area contributed by atoms with Crippen LogP contribution < -0.4 is 20.4 Å². The minimum Gasteiger partial charge on any atom is -0.506 e. The van der Waals surface area contributed by atoms with Crippen LogP contribution in [0.15, 0.2) is 42.5 Å². The molecule has 4 atom stereocenters. The molecule has 58 heavy (non-hydrogen) atoms. The number of aromatic nitrogens is 2. The number of phenolic OH excluding ortho intramolecular Hbond substituents is 1. The van der Waals surface area contributed by atoms with Crippen LogP contribution in [-0.2, 0) is 16.1 Å². The first-order chi connectivity index (χ1) is 27.9. The molecule has 3 aromatic rings. The molecule has 0 radical (unpaired) electrons. The standard InChI is InChI=1S/C42H51ClN10O5/c1-25-19-48(21-27-11-13-49(14-12-27)29-8-7-28-22-51(40(57)31(28)17-29)34-9-10-36(54)45-39(34)56)20-26(2)53(25)41(58)50-15-16-52-35-18-33(30-5-4-6-32(43)37(30)55)46-47-38(35)44-23-42(52,3)24-50/h4-8,17-18,25-27,34,55H,9-16,19-24H2,1-3H3,(H,44,47)(H,45,54,56)/t25-,26-,34+,42-/m1/s1. The van der Waals surface area contributed by atoms with E-state index in [0.29, 0.717) is 67.7 Å². The van der Waals surface area contributed by atoms with Crippen molar-refractivity contribution in [3.63, 3.8) is 0 Å². The number of anilines is 3. The van der Waals surface area contributed by atoms with Gasteiger partial charge in [-0.15, -0.1) is 10.2 Å². The molecule has 4 fully saturated rings. The third-order valence-electron chi connectivity index (χ3n) is 13.2. The van der Waals surface area contributed by atoms with E-state index < -0.39 is 6.04 Å². The maximum Gasteiger partial charge on any atom is 0.320 e. The molecule has 306 valence electrons. The van der Waals surface area contributed by atoms with Gasteiger partial charge in [-0.2, -0.15) is 0 Å². The fourth-order valence-corrected chi connectivity index (χ4v) is 10.4. The second-order valence-corrected chi connectivity index (χ2v) is 17.7. The van der Waals surface area contributed by atoms with E-state index >= 15 is 0 Å². The molecule has 1 aromatic heterocycles. The van der Waals surface area contributed by atoms with Gasteiger partial charge in [0.25, 0.3) is 5.91 Å². The van der Waals surface area contributed by atoms with E-state index in [-0.39, 0.29) is 58.6 Å². The van der Waals surface area contributed by atoms with Gasteiger partial charge in [0.2, 0.25) is 11.8 Å². The van der Waals surface area contributed by atoms with Gasteiger partial charge in [-0.1, -0.05) is 23.7 Å². The number of nitrogens with zero attached hydrogens (tertiary/aromatic N) is 8. The third-order valence-corrected chi connectivity index (χ3v) is 13.5. The van der Waals surface area contributed by atoms with E-state index in [4.69, 9.17) is 11.6 Å². The number of piperidine rings is 2.